The summed E-state index contributed by atoms with van der Waals surface area (Å²) in [5.41, 5.74) is 3.15. The Morgan fingerprint density at radius 3 is 2.71 bits per heavy atom. The lowest BCUT2D eigenvalue weighted by Gasteiger charge is -2.24. The Morgan fingerprint density at radius 1 is 1.47 bits per heavy atom. The fourth-order valence-electron chi connectivity index (χ4n) is 1.74. The van der Waals surface area contributed by atoms with E-state index in [1.54, 1.807) is 7.11 Å². The Hall–Kier alpha value is -1.37. The van der Waals surface area contributed by atoms with Gasteiger partial charge in [-0.05, 0) is 44.2 Å². The molecule has 0 heterocycles. The van der Waals surface area contributed by atoms with Crippen LogP contribution in [0.15, 0.2) is 18.2 Å². The van der Waals surface area contributed by atoms with Gasteiger partial charge in [0.15, 0.2) is 0 Å². The number of hydrogen-bond acceptors (Lipinski definition) is 3. The Balaban J connectivity index is 2.72. The molecule has 0 aromatic heterocycles. The summed E-state index contributed by atoms with van der Waals surface area (Å²) in [5, 5.41) is 8.82. The minimum Gasteiger partial charge on any atom is -0.383 e. The third-order valence-corrected chi connectivity index (χ3v) is 3.05. The number of benzene rings is 1. The first-order valence-electron chi connectivity index (χ1n) is 5.77. The van der Waals surface area contributed by atoms with E-state index in [0.717, 1.165) is 18.7 Å². The standard InChI is InChI=1S/C14H20N2O/c1-11-7-13(8-15)5-6-14(11)9-16(3)12(2)10-17-4/h5-7,12H,9-10H2,1-4H3. The molecule has 1 aromatic rings. The van der Waals surface area contributed by atoms with Gasteiger partial charge in [0.2, 0.25) is 0 Å². The van der Waals surface area contributed by atoms with Gasteiger partial charge in [0.1, 0.15) is 0 Å². The van der Waals surface area contributed by atoms with Crippen molar-refractivity contribution in [2.75, 3.05) is 20.8 Å². The molecule has 0 aliphatic carbocycles. The Kier molecular flexibility index (Phi) is 5.14. The van der Waals surface area contributed by atoms with Gasteiger partial charge < -0.3 is 4.74 Å². The van der Waals surface area contributed by atoms with Crippen LogP contribution in [0.1, 0.15) is 23.6 Å². The number of nitriles is 1. The van der Waals surface area contributed by atoms with E-state index in [1.165, 1.54) is 11.1 Å². The molecule has 1 aromatic carbocycles. The van der Waals surface area contributed by atoms with Crippen LogP contribution in [0.3, 0.4) is 0 Å². The lowest BCUT2D eigenvalue weighted by molar-refractivity contribution is 0.112. The zero-order chi connectivity index (χ0) is 12.8. The summed E-state index contributed by atoms with van der Waals surface area (Å²) in [6.07, 6.45) is 0. The maximum absolute atomic E-state index is 8.82. The Labute approximate surface area is 104 Å². The molecular weight excluding hydrogens is 212 g/mol. The van der Waals surface area contributed by atoms with Crippen molar-refractivity contribution in [3.63, 3.8) is 0 Å². The number of nitrogens with zero attached hydrogens (tertiary/aromatic N) is 2. The average molecular weight is 232 g/mol. The monoisotopic (exact) mass is 232 g/mol. The molecule has 1 unspecified atom stereocenters. The van der Waals surface area contributed by atoms with E-state index < -0.39 is 0 Å². The van der Waals surface area contributed by atoms with Gasteiger partial charge >= 0.3 is 0 Å². The highest BCUT2D eigenvalue weighted by atomic mass is 16.5. The van der Waals surface area contributed by atoms with Crippen molar-refractivity contribution >= 4 is 0 Å². The van der Waals surface area contributed by atoms with Crippen molar-refractivity contribution in [1.29, 1.82) is 5.26 Å². The van der Waals surface area contributed by atoms with Crippen molar-refractivity contribution in [2.24, 2.45) is 0 Å². The fraction of sp³-hybridized carbons (Fsp3) is 0.500. The first-order valence-corrected chi connectivity index (χ1v) is 5.77. The summed E-state index contributed by atoms with van der Waals surface area (Å²) < 4.78 is 5.14. The van der Waals surface area contributed by atoms with Gasteiger partial charge in [-0.3, -0.25) is 4.90 Å². The van der Waals surface area contributed by atoms with Crippen LogP contribution < -0.4 is 0 Å². The van der Waals surface area contributed by atoms with Crippen molar-refractivity contribution in [3.05, 3.63) is 34.9 Å². The van der Waals surface area contributed by atoms with Gasteiger partial charge in [-0.1, -0.05) is 6.07 Å². The van der Waals surface area contributed by atoms with E-state index >= 15 is 0 Å². The molecule has 17 heavy (non-hydrogen) atoms. The molecule has 0 spiro atoms. The van der Waals surface area contributed by atoms with Crippen LogP contribution >= 0.6 is 0 Å². The minimum atomic E-state index is 0.384. The van der Waals surface area contributed by atoms with Crippen LogP contribution in [-0.2, 0) is 11.3 Å². The van der Waals surface area contributed by atoms with Gasteiger partial charge in [-0.25, -0.2) is 0 Å². The second kappa shape index (κ2) is 6.39. The predicted octanol–water partition coefficient (Wildman–Crippen LogP) is 2.33. The molecular formula is C14H20N2O. The summed E-state index contributed by atoms with van der Waals surface area (Å²) in [6, 6.07) is 8.38. The summed E-state index contributed by atoms with van der Waals surface area (Å²) in [7, 11) is 3.80. The molecule has 0 aliphatic rings. The zero-order valence-corrected chi connectivity index (χ0v) is 11.0. The second-order valence-corrected chi connectivity index (χ2v) is 4.47. The third-order valence-electron chi connectivity index (χ3n) is 3.05. The summed E-state index contributed by atoms with van der Waals surface area (Å²) in [6.45, 7) is 5.79. The molecule has 0 radical (unpaired) electrons. The second-order valence-electron chi connectivity index (χ2n) is 4.47. The predicted molar refractivity (Wildman–Crippen MR) is 68.7 cm³/mol. The van der Waals surface area contributed by atoms with Crippen molar-refractivity contribution in [2.45, 2.75) is 26.4 Å². The zero-order valence-electron chi connectivity index (χ0n) is 11.0. The van der Waals surface area contributed by atoms with Crippen LogP contribution in [0.4, 0.5) is 0 Å². The molecule has 1 atom stereocenters. The molecule has 0 aliphatic heterocycles. The minimum absolute atomic E-state index is 0.384. The number of methoxy groups -OCH3 is 1. The Bertz CT molecular complexity index is 409. The molecule has 0 saturated carbocycles. The molecule has 0 bridgehead atoms. The van der Waals surface area contributed by atoms with Crippen molar-refractivity contribution in [1.82, 2.24) is 4.90 Å². The molecule has 92 valence electrons. The first kappa shape index (κ1) is 13.7. The Morgan fingerprint density at radius 2 is 2.18 bits per heavy atom. The number of likely N-dealkylation sites (N-methyl/N-ethyl adjacent to an activating group) is 1. The SMILES string of the molecule is COCC(C)N(C)Cc1ccc(C#N)cc1C. The van der Waals surface area contributed by atoms with Crippen LogP contribution in [-0.4, -0.2) is 31.7 Å². The molecule has 0 amide bonds. The lowest BCUT2D eigenvalue weighted by atomic mass is 10.0. The average Bonchev–Trinajstić information content (AvgIpc) is 2.31. The lowest BCUT2D eigenvalue weighted by Crippen LogP contribution is -2.32. The summed E-state index contributed by atoms with van der Waals surface area (Å²) >= 11 is 0. The van der Waals surface area contributed by atoms with E-state index in [9.17, 15) is 0 Å². The molecule has 0 saturated heterocycles. The smallest absolute Gasteiger partial charge is 0.0991 e. The molecule has 0 fully saturated rings. The normalized spacial score (nSPS) is 12.5. The van der Waals surface area contributed by atoms with E-state index in [2.05, 4.69) is 24.9 Å². The molecule has 0 N–H and O–H groups in total. The fourth-order valence-corrected chi connectivity index (χ4v) is 1.74. The van der Waals surface area contributed by atoms with E-state index in [0.29, 0.717) is 6.04 Å². The van der Waals surface area contributed by atoms with E-state index in [1.807, 2.05) is 25.1 Å². The maximum atomic E-state index is 8.82. The quantitative estimate of drug-likeness (QED) is 0.781. The molecule has 3 nitrogen and oxygen atoms in total. The van der Waals surface area contributed by atoms with Gasteiger partial charge in [-0.15, -0.1) is 0 Å². The summed E-state index contributed by atoms with van der Waals surface area (Å²) in [5.74, 6) is 0. The third kappa shape index (κ3) is 3.85. The first-order chi connectivity index (χ1) is 8.08. The number of aryl methyl sites for hydroxylation is 1. The highest BCUT2D eigenvalue weighted by Crippen LogP contribution is 2.13. The topological polar surface area (TPSA) is 36.3 Å². The van der Waals surface area contributed by atoms with Crippen LogP contribution in [0.25, 0.3) is 0 Å². The highest BCUT2D eigenvalue weighted by molar-refractivity contribution is 5.37. The van der Waals surface area contributed by atoms with E-state index in [-0.39, 0.29) is 0 Å². The van der Waals surface area contributed by atoms with E-state index in [4.69, 9.17) is 10.00 Å². The van der Waals surface area contributed by atoms with Gasteiger partial charge in [0.05, 0.1) is 18.2 Å². The number of rotatable bonds is 5. The van der Waals surface area contributed by atoms with Crippen LogP contribution in [0.2, 0.25) is 0 Å². The maximum Gasteiger partial charge on any atom is 0.0991 e. The number of hydrogen-bond donors (Lipinski definition) is 0. The number of ether oxygens (including phenoxy) is 1. The van der Waals surface area contributed by atoms with Crippen molar-refractivity contribution < 1.29 is 4.74 Å². The van der Waals surface area contributed by atoms with Gasteiger partial charge in [0, 0.05) is 19.7 Å². The van der Waals surface area contributed by atoms with Crippen molar-refractivity contribution in [3.8, 4) is 6.07 Å². The van der Waals surface area contributed by atoms with Crippen LogP contribution in [0.5, 0.6) is 0 Å². The largest absolute Gasteiger partial charge is 0.383 e. The summed E-state index contributed by atoms with van der Waals surface area (Å²) in [4.78, 5) is 2.25. The molecule has 3 heteroatoms. The highest BCUT2D eigenvalue weighted by Gasteiger charge is 2.10. The molecule has 1 rings (SSSR count). The van der Waals surface area contributed by atoms with Crippen LogP contribution in [0, 0.1) is 18.3 Å². The van der Waals surface area contributed by atoms with Gasteiger partial charge in [0.25, 0.3) is 0 Å². The van der Waals surface area contributed by atoms with Gasteiger partial charge in [-0.2, -0.15) is 5.26 Å².